The van der Waals surface area contributed by atoms with Crippen LogP contribution < -0.4 is 20.4 Å². The molecule has 22 heavy (non-hydrogen) atoms. The normalized spacial score (nSPS) is 11.1. The highest BCUT2D eigenvalue weighted by atomic mass is 16.5. The second kappa shape index (κ2) is 7.77. The Hall–Kier alpha value is -2.12. The molecule has 0 aliphatic heterocycles. The summed E-state index contributed by atoms with van der Waals surface area (Å²) in [4.78, 5) is 13.9. The Morgan fingerprint density at radius 3 is 2.68 bits per heavy atom. The first kappa shape index (κ1) is 16.3. The van der Waals surface area contributed by atoms with Gasteiger partial charge in [0.15, 0.2) is 0 Å². The molecule has 7 nitrogen and oxygen atoms in total. The number of aromatic amines is 1. The van der Waals surface area contributed by atoms with Crippen LogP contribution in [0.4, 0.5) is 0 Å². The number of hydrogen-bond donors (Lipinski definition) is 2. The highest BCUT2D eigenvalue weighted by Crippen LogP contribution is 2.10. The fourth-order valence-electron chi connectivity index (χ4n) is 2.11. The molecule has 7 heteroatoms. The molecule has 0 unspecified atom stereocenters. The Morgan fingerprint density at radius 1 is 1.32 bits per heavy atom. The Morgan fingerprint density at radius 2 is 2.05 bits per heavy atom. The van der Waals surface area contributed by atoms with Crippen molar-refractivity contribution in [3.05, 3.63) is 40.4 Å². The van der Waals surface area contributed by atoms with Gasteiger partial charge in [0.05, 0.1) is 13.7 Å². The Kier molecular flexibility index (Phi) is 5.74. The number of nitrogens with zero attached hydrogens (tertiary/aromatic N) is 2. The summed E-state index contributed by atoms with van der Waals surface area (Å²) in [6, 6.07) is 7.39. The molecule has 1 aromatic heterocycles. The van der Waals surface area contributed by atoms with Gasteiger partial charge in [-0.25, -0.2) is 4.79 Å². The lowest BCUT2D eigenvalue weighted by Gasteiger charge is -2.08. The van der Waals surface area contributed by atoms with E-state index in [0.717, 1.165) is 30.9 Å². The van der Waals surface area contributed by atoms with Crippen molar-refractivity contribution < 1.29 is 13.9 Å². The maximum Gasteiger partial charge on any atom is 0.431 e. The maximum absolute atomic E-state index is 11.8. The number of hydrogen-bond acceptors (Lipinski definition) is 5. The summed E-state index contributed by atoms with van der Waals surface area (Å²) in [7, 11) is 5.70. The van der Waals surface area contributed by atoms with Crippen LogP contribution in [-0.4, -0.2) is 44.5 Å². The smallest absolute Gasteiger partial charge is 0.431 e. The van der Waals surface area contributed by atoms with Crippen molar-refractivity contribution in [1.82, 2.24) is 15.5 Å². The standard InChI is InChI=1S/C15H22N4O3/c1-18(2)10-4-9-16-11-14-15(20)22-17-19(14)12-5-7-13(21-3)8-6-12/h5-8,16H,4,9-11H2,1-3H3/p+1. The molecular formula is C15H23N4O3+. The van der Waals surface area contributed by atoms with Crippen LogP contribution >= 0.6 is 0 Å². The molecule has 0 amide bonds. The Labute approximate surface area is 129 Å². The number of rotatable bonds is 8. The summed E-state index contributed by atoms with van der Waals surface area (Å²) in [5.41, 5.74) is 0.989. The number of H-pyrrole nitrogens is 1. The average Bonchev–Trinajstić information content (AvgIpc) is 2.88. The number of benzene rings is 1. The molecular weight excluding hydrogens is 284 g/mol. The lowest BCUT2D eigenvalue weighted by molar-refractivity contribution is -0.677. The number of ether oxygens (including phenoxy) is 1. The predicted octanol–water partition coefficient (Wildman–Crippen LogP) is 0.295. The molecule has 0 bridgehead atoms. The molecule has 1 aromatic carbocycles. The van der Waals surface area contributed by atoms with E-state index in [1.54, 1.807) is 11.8 Å². The minimum absolute atomic E-state index is 0.365. The Balaban J connectivity index is 2.02. The van der Waals surface area contributed by atoms with Crippen molar-refractivity contribution in [3.63, 3.8) is 0 Å². The van der Waals surface area contributed by atoms with Gasteiger partial charge in [-0.05, 0) is 55.7 Å². The molecule has 2 rings (SSSR count). The molecule has 0 saturated heterocycles. The van der Waals surface area contributed by atoms with Crippen LogP contribution in [0.3, 0.4) is 0 Å². The average molecular weight is 307 g/mol. The first-order valence-corrected chi connectivity index (χ1v) is 7.24. The van der Waals surface area contributed by atoms with Crippen LogP contribution in [0.15, 0.2) is 33.6 Å². The topological polar surface area (TPSA) is 74.4 Å². The van der Waals surface area contributed by atoms with Crippen molar-refractivity contribution in [1.29, 1.82) is 0 Å². The van der Waals surface area contributed by atoms with Gasteiger partial charge < -0.3 is 15.0 Å². The van der Waals surface area contributed by atoms with Gasteiger partial charge in [0.1, 0.15) is 5.75 Å². The summed E-state index contributed by atoms with van der Waals surface area (Å²) in [5, 5.41) is 5.89. The summed E-state index contributed by atoms with van der Waals surface area (Å²) in [5.74, 6) is 0.763. The van der Waals surface area contributed by atoms with E-state index in [-0.39, 0.29) is 5.63 Å². The molecule has 0 fully saturated rings. The molecule has 0 atom stereocenters. The van der Waals surface area contributed by atoms with E-state index in [4.69, 9.17) is 9.26 Å². The van der Waals surface area contributed by atoms with Crippen LogP contribution in [0.5, 0.6) is 5.75 Å². The van der Waals surface area contributed by atoms with E-state index < -0.39 is 0 Å². The summed E-state index contributed by atoms with van der Waals surface area (Å²) >= 11 is 0. The third-order valence-electron chi connectivity index (χ3n) is 3.32. The van der Waals surface area contributed by atoms with Gasteiger partial charge in [-0.3, -0.25) is 4.52 Å². The zero-order chi connectivity index (χ0) is 15.9. The molecule has 0 aliphatic carbocycles. The largest absolute Gasteiger partial charge is 0.497 e. The zero-order valence-electron chi connectivity index (χ0n) is 13.3. The predicted molar refractivity (Wildman–Crippen MR) is 82.3 cm³/mol. The summed E-state index contributed by atoms with van der Waals surface area (Å²) in [6.45, 7) is 2.30. The van der Waals surface area contributed by atoms with Gasteiger partial charge in [-0.2, -0.15) is 0 Å². The molecule has 0 saturated carbocycles. The lowest BCUT2D eigenvalue weighted by Crippen LogP contribution is -2.41. The molecule has 120 valence electrons. The van der Waals surface area contributed by atoms with Crippen LogP contribution in [0.2, 0.25) is 0 Å². The van der Waals surface area contributed by atoms with Crippen LogP contribution in [-0.2, 0) is 6.54 Å². The fourth-order valence-corrected chi connectivity index (χ4v) is 2.11. The van der Waals surface area contributed by atoms with Crippen LogP contribution in [0.25, 0.3) is 5.69 Å². The first-order chi connectivity index (χ1) is 10.6. The third kappa shape index (κ3) is 4.19. The lowest BCUT2D eigenvalue weighted by atomic mass is 10.3. The van der Waals surface area contributed by atoms with E-state index in [1.807, 2.05) is 38.4 Å². The first-order valence-electron chi connectivity index (χ1n) is 7.24. The minimum Gasteiger partial charge on any atom is -0.497 e. The van der Waals surface area contributed by atoms with Crippen molar-refractivity contribution in [2.24, 2.45) is 0 Å². The van der Waals surface area contributed by atoms with Crippen LogP contribution in [0, 0.1) is 0 Å². The highest BCUT2D eigenvalue weighted by Gasteiger charge is 2.22. The maximum atomic E-state index is 11.8. The quantitative estimate of drug-likeness (QED) is 0.542. The van der Waals surface area contributed by atoms with Gasteiger partial charge >= 0.3 is 11.3 Å². The molecule has 0 spiro atoms. The van der Waals surface area contributed by atoms with Crippen molar-refractivity contribution in [2.75, 3.05) is 34.3 Å². The van der Waals surface area contributed by atoms with Crippen molar-refractivity contribution in [3.8, 4) is 11.4 Å². The van der Waals surface area contributed by atoms with E-state index >= 15 is 0 Å². The fraction of sp³-hybridized carbons (Fsp3) is 0.467. The van der Waals surface area contributed by atoms with Gasteiger partial charge in [-0.1, -0.05) is 0 Å². The van der Waals surface area contributed by atoms with Gasteiger partial charge in [0.25, 0.3) is 0 Å². The monoisotopic (exact) mass is 307 g/mol. The molecule has 0 aliphatic rings. The zero-order valence-corrected chi connectivity index (χ0v) is 13.3. The molecule has 1 heterocycles. The van der Waals surface area contributed by atoms with Gasteiger partial charge in [-0.15, -0.1) is 0 Å². The second-order valence-corrected chi connectivity index (χ2v) is 5.29. The Bertz CT molecular complexity index is 631. The van der Waals surface area contributed by atoms with Crippen molar-refractivity contribution >= 4 is 0 Å². The van der Waals surface area contributed by atoms with Gasteiger partial charge in [0, 0.05) is 12.1 Å². The summed E-state index contributed by atoms with van der Waals surface area (Å²) < 4.78 is 11.7. The van der Waals surface area contributed by atoms with Gasteiger partial charge in [0.2, 0.25) is 5.69 Å². The minimum atomic E-state index is -0.365. The number of aromatic nitrogens is 2. The number of nitrogens with one attached hydrogen (secondary N) is 2. The highest BCUT2D eigenvalue weighted by molar-refractivity contribution is 5.31. The molecule has 2 N–H and O–H groups in total. The third-order valence-corrected chi connectivity index (χ3v) is 3.32. The van der Waals surface area contributed by atoms with E-state index in [2.05, 4.69) is 15.5 Å². The van der Waals surface area contributed by atoms with E-state index in [1.165, 1.54) is 0 Å². The summed E-state index contributed by atoms with van der Waals surface area (Å²) in [6.07, 6.45) is 1.02. The van der Waals surface area contributed by atoms with Crippen LogP contribution in [0.1, 0.15) is 12.1 Å². The second-order valence-electron chi connectivity index (χ2n) is 5.29. The van der Waals surface area contributed by atoms with E-state index in [0.29, 0.717) is 12.2 Å². The number of methoxy groups -OCH3 is 1. The van der Waals surface area contributed by atoms with Crippen molar-refractivity contribution in [2.45, 2.75) is 13.0 Å². The van der Waals surface area contributed by atoms with E-state index in [9.17, 15) is 4.79 Å². The molecule has 0 radical (unpaired) electrons. The SMILES string of the molecule is COc1ccc(-[n+]2[nH]oc(=O)c2CNCCCN(C)C)cc1. The molecule has 2 aromatic rings.